The Morgan fingerprint density at radius 2 is 1.53 bits per heavy atom. The van der Waals surface area contributed by atoms with E-state index in [-0.39, 0.29) is 24.5 Å². The molecule has 9 nitrogen and oxygen atoms in total. The summed E-state index contributed by atoms with van der Waals surface area (Å²) in [5.74, 6) is 0.703. The molecule has 0 aromatic heterocycles. The Labute approximate surface area is 210 Å². The number of hydrogen-bond acceptors (Lipinski definition) is 6. The van der Waals surface area contributed by atoms with E-state index in [0.29, 0.717) is 63.7 Å². The average Bonchev–Trinajstić information content (AvgIpc) is 3.43. The summed E-state index contributed by atoms with van der Waals surface area (Å²) in [4.78, 5) is 41.9. The van der Waals surface area contributed by atoms with Crippen LogP contribution in [0.25, 0.3) is 0 Å². The maximum atomic E-state index is 13.3. The number of carbonyl (C=O) groups is 3. The number of urea groups is 1. The van der Waals surface area contributed by atoms with Gasteiger partial charge in [0.25, 0.3) is 5.91 Å². The van der Waals surface area contributed by atoms with E-state index in [4.69, 9.17) is 14.2 Å². The molecule has 0 bridgehead atoms. The van der Waals surface area contributed by atoms with E-state index >= 15 is 0 Å². The summed E-state index contributed by atoms with van der Waals surface area (Å²) in [6.45, 7) is 2.30. The van der Waals surface area contributed by atoms with Gasteiger partial charge in [-0.3, -0.25) is 9.59 Å². The summed E-state index contributed by atoms with van der Waals surface area (Å²) in [6, 6.07) is 14.7. The zero-order valence-electron chi connectivity index (χ0n) is 20.2. The van der Waals surface area contributed by atoms with Crippen molar-refractivity contribution in [2.75, 3.05) is 51.3 Å². The standard InChI is InChI=1S/C27H31N3O6/c31-24(29-12-14-30(15-13-29)26(33)28-21-6-2-1-3-7-21)19-36-25(32)27(10-4-5-11-27)20-8-9-22-23(18-20)35-17-16-34-22/h1-3,6-9,18H,4-5,10-17,19H2,(H,28,33). The Kier molecular flexibility index (Phi) is 6.97. The van der Waals surface area contributed by atoms with E-state index in [9.17, 15) is 14.4 Å². The summed E-state index contributed by atoms with van der Waals surface area (Å²) < 4.78 is 16.9. The summed E-state index contributed by atoms with van der Waals surface area (Å²) in [7, 11) is 0. The number of para-hydroxylation sites is 1. The van der Waals surface area contributed by atoms with Crippen LogP contribution in [0.3, 0.4) is 0 Å². The molecule has 2 fully saturated rings. The minimum absolute atomic E-state index is 0.192. The number of fused-ring (bicyclic) bond motifs is 1. The molecule has 1 saturated carbocycles. The predicted octanol–water partition coefficient (Wildman–Crippen LogP) is 3.19. The fourth-order valence-corrected chi connectivity index (χ4v) is 5.17. The van der Waals surface area contributed by atoms with Gasteiger partial charge >= 0.3 is 12.0 Å². The molecule has 3 aliphatic rings. The zero-order valence-corrected chi connectivity index (χ0v) is 20.2. The molecule has 5 rings (SSSR count). The monoisotopic (exact) mass is 493 g/mol. The second-order valence-corrected chi connectivity index (χ2v) is 9.39. The molecule has 0 spiro atoms. The first-order chi connectivity index (χ1) is 17.5. The second kappa shape index (κ2) is 10.5. The van der Waals surface area contributed by atoms with Gasteiger partial charge in [-0.2, -0.15) is 0 Å². The Balaban J connectivity index is 1.15. The quantitative estimate of drug-likeness (QED) is 0.643. The molecular weight excluding hydrogens is 462 g/mol. The number of amides is 3. The Bertz CT molecular complexity index is 1110. The van der Waals surface area contributed by atoms with Crippen molar-refractivity contribution in [1.29, 1.82) is 0 Å². The lowest BCUT2D eigenvalue weighted by Gasteiger charge is -2.35. The third-order valence-electron chi connectivity index (χ3n) is 7.21. The van der Waals surface area contributed by atoms with Gasteiger partial charge in [-0.25, -0.2) is 4.79 Å². The molecular formula is C27H31N3O6. The van der Waals surface area contributed by atoms with Crippen molar-refractivity contribution in [1.82, 2.24) is 9.80 Å². The van der Waals surface area contributed by atoms with Crippen LogP contribution in [0.15, 0.2) is 48.5 Å². The van der Waals surface area contributed by atoms with Crippen LogP contribution in [0.4, 0.5) is 10.5 Å². The van der Waals surface area contributed by atoms with Crippen LogP contribution in [0.2, 0.25) is 0 Å². The number of piperazine rings is 1. The van der Waals surface area contributed by atoms with Gasteiger partial charge in [0.05, 0.1) is 5.41 Å². The molecule has 2 aromatic carbocycles. The molecule has 0 unspecified atom stereocenters. The van der Waals surface area contributed by atoms with Crippen molar-refractivity contribution < 1.29 is 28.6 Å². The Morgan fingerprint density at radius 1 is 0.861 bits per heavy atom. The maximum absolute atomic E-state index is 13.3. The van der Waals surface area contributed by atoms with Crippen molar-refractivity contribution in [3.63, 3.8) is 0 Å². The second-order valence-electron chi connectivity index (χ2n) is 9.39. The van der Waals surface area contributed by atoms with Crippen LogP contribution >= 0.6 is 0 Å². The third kappa shape index (κ3) is 4.96. The van der Waals surface area contributed by atoms with Crippen LogP contribution < -0.4 is 14.8 Å². The number of esters is 1. The van der Waals surface area contributed by atoms with Crippen LogP contribution in [0.5, 0.6) is 11.5 Å². The maximum Gasteiger partial charge on any atom is 0.321 e. The molecule has 2 aliphatic heterocycles. The van der Waals surface area contributed by atoms with E-state index in [1.165, 1.54) is 0 Å². The van der Waals surface area contributed by atoms with Crippen LogP contribution in [-0.4, -0.2) is 73.7 Å². The highest BCUT2D eigenvalue weighted by molar-refractivity contribution is 5.90. The highest BCUT2D eigenvalue weighted by atomic mass is 16.6. The number of ether oxygens (including phenoxy) is 3. The van der Waals surface area contributed by atoms with Gasteiger partial charge in [-0.15, -0.1) is 0 Å². The average molecular weight is 494 g/mol. The fourth-order valence-electron chi connectivity index (χ4n) is 5.17. The lowest BCUT2D eigenvalue weighted by molar-refractivity contribution is -0.157. The summed E-state index contributed by atoms with van der Waals surface area (Å²) >= 11 is 0. The van der Waals surface area contributed by atoms with E-state index < -0.39 is 5.41 Å². The number of anilines is 1. The van der Waals surface area contributed by atoms with Crippen molar-refractivity contribution in [3.05, 3.63) is 54.1 Å². The molecule has 0 radical (unpaired) electrons. The van der Waals surface area contributed by atoms with Crippen molar-refractivity contribution in [3.8, 4) is 11.5 Å². The van der Waals surface area contributed by atoms with Crippen LogP contribution in [0, 0.1) is 0 Å². The molecule has 9 heteroatoms. The molecule has 2 heterocycles. The number of carbonyl (C=O) groups excluding carboxylic acids is 3. The van der Waals surface area contributed by atoms with Gasteiger partial charge in [0.2, 0.25) is 0 Å². The topological polar surface area (TPSA) is 97.4 Å². The number of benzene rings is 2. The molecule has 1 aliphatic carbocycles. The third-order valence-corrected chi connectivity index (χ3v) is 7.21. The van der Waals surface area contributed by atoms with Gasteiger partial charge in [-0.1, -0.05) is 37.1 Å². The molecule has 36 heavy (non-hydrogen) atoms. The highest BCUT2D eigenvalue weighted by Gasteiger charge is 2.45. The lowest BCUT2D eigenvalue weighted by Crippen LogP contribution is -2.52. The molecule has 2 aromatic rings. The molecule has 0 atom stereocenters. The summed E-state index contributed by atoms with van der Waals surface area (Å²) in [5, 5.41) is 2.86. The number of rotatable bonds is 5. The minimum atomic E-state index is -0.773. The minimum Gasteiger partial charge on any atom is -0.486 e. The first kappa shape index (κ1) is 24.0. The van der Waals surface area contributed by atoms with Gasteiger partial charge in [0.15, 0.2) is 18.1 Å². The smallest absolute Gasteiger partial charge is 0.321 e. The number of nitrogens with one attached hydrogen (secondary N) is 1. The van der Waals surface area contributed by atoms with Gasteiger partial charge in [0, 0.05) is 31.9 Å². The van der Waals surface area contributed by atoms with E-state index in [1.54, 1.807) is 9.80 Å². The molecule has 1 saturated heterocycles. The van der Waals surface area contributed by atoms with Crippen molar-refractivity contribution in [2.45, 2.75) is 31.1 Å². The first-order valence-corrected chi connectivity index (χ1v) is 12.5. The van der Waals surface area contributed by atoms with Gasteiger partial charge < -0.3 is 29.3 Å². The van der Waals surface area contributed by atoms with Crippen LogP contribution in [0.1, 0.15) is 31.2 Å². The Hall–Kier alpha value is -3.75. The fraction of sp³-hybridized carbons (Fsp3) is 0.444. The number of nitrogens with zero attached hydrogens (tertiary/aromatic N) is 2. The largest absolute Gasteiger partial charge is 0.486 e. The zero-order chi connectivity index (χ0) is 25.0. The van der Waals surface area contributed by atoms with E-state index in [1.807, 2.05) is 48.5 Å². The van der Waals surface area contributed by atoms with E-state index in [2.05, 4.69) is 5.32 Å². The molecule has 190 valence electrons. The summed E-state index contributed by atoms with van der Waals surface area (Å²) in [6.07, 6.45) is 3.19. The van der Waals surface area contributed by atoms with Crippen LogP contribution in [-0.2, 0) is 19.7 Å². The first-order valence-electron chi connectivity index (χ1n) is 12.5. The number of hydrogen-bond donors (Lipinski definition) is 1. The molecule has 3 amide bonds. The summed E-state index contributed by atoms with van der Waals surface area (Å²) in [5.41, 5.74) is 0.802. The van der Waals surface area contributed by atoms with Gasteiger partial charge in [-0.05, 0) is 42.7 Å². The van der Waals surface area contributed by atoms with E-state index in [0.717, 1.165) is 24.1 Å². The van der Waals surface area contributed by atoms with Gasteiger partial charge in [0.1, 0.15) is 13.2 Å². The van der Waals surface area contributed by atoms with Crippen molar-refractivity contribution >= 4 is 23.6 Å². The van der Waals surface area contributed by atoms with Crippen molar-refractivity contribution in [2.24, 2.45) is 0 Å². The predicted molar refractivity (Wildman–Crippen MR) is 132 cm³/mol. The normalized spacial score (nSPS) is 18.4. The SMILES string of the molecule is O=C(COC(=O)C1(c2ccc3c(c2)OCCO3)CCCC1)N1CCN(C(=O)Nc2ccccc2)CC1. The Morgan fingerprint density at radius 3 is 2.25 bits per heavy atom. The highest BCUT2D eigenvalue weighted by Crippen LogP contribution is 2.45. The molecule has 1 N–H and O–H groups in total. The lowest BCUT2D eigenvalue weighted by atomic mass is 9.78.